The van der Waals surface area contributed by atoms with Crippen LogP contribution in [0.25, 0.3) is 10.2 Å². The Bertz CT molecular complexity index is 598. The SMILES string of the molecule is Cl.O=[N+]([O-])c1ccc2sc(OC3CCNC3)nc2c1. The molecule has 3 rings (SSSR count). The van der Waals surface area contributed by atoms with Gasteiger partial charge in [-0.15, -0.1) is 12.4 Å². The molecule has 8 heteroatoms. The van der Waals surface area contributed by atoms with Gasteiger partial charge < -0.3 is 10.1 Å². The normalized spacial score (nSPS) is 18.2. The van der Waals surface area contributed by atoms with Gasteiger partial charge in [0.25, 0.3) is 10.9 Å². The summed E-state index contributed by atoms with van der Waals surface area (Å²) in [7, 11) is 0. The van der Waals surface area contributed by atoms with E-state index in [1.54, 1.807) is 6.07 Å². The fraction of sp³-hybridized carbons (Fsp3) is 0.364. The Morgan fingerprint density at radius 2 is 2.37 bits per heavy atom. The predicted octanol–water partition coefficient (Wildman–Crippen LogP) is 2.37. The molecule has 1 aromatic heterocycles. The van der Waals surface area contributed by atoms with Gasteiger partial charge in [-0.05, 0) is 19.0 Å². The topological polar surface area (TPSA) is 77.3 Å². The van der Waals surface area contributed by atoms with Crippen molar-refractivity contribution in [2.24, 2.45) is 0 Å². The van der Waals surface area contributed by atoms with Crippen molar-refractivity contribution in [3.05, 3.63) is 28.3 Å². The molecule has 0 bridgehead atoms. The number of hydrogen-bond acceptors (Lipinski definition) is 6. The first-order valence-corrected chi connectivity index (χ1v) is 6.46. The quantitative estimate of drug-likeness (QED) is 0.695. The molecule has 19 heavy (non-hydrogen) atoms. The lowest BCUT2D eigenvalue weighted by Crippen LogP contribution is -2.19. The number of nitro groups is 1. The molecule has 1 aliphatic rings. The molecule has 2 heterocycles. The molecule has 0 radical (unpaired) electrons. The molecule has 1 N–H and O–H groups in total. The van der Waals surface area contributed by atoms with Crippen molar-refractivity contribution >= 4 is 39.6 Å². The van der Waals surface area contributed by atoms with Crippen LogP contribution in [0.3, 0.4) is 0 Å². The number of ether oxygens (including phenoxy) is 1. The monoisotopic (exact) mass is 301 g/mol. The molecule has 1 atom stereocenters. The van der Waals surface area contributed by atoms with Gasteiger partial charge in [0.05, 0.1) is 15.1 Å². The van der Waals surface area contributed by atoms with Gasteiger partial charge in [-0.25, -0.2) is 4.98 Å². The van der Waals surface area contributed by atoms with Gasteiger partial charge in [0, 0.05) is 18.7 Å². The van der Waals surface area contributed by atoms with E-state index in [2.05, 4.69) is 10.3 Å². The summed E-state index contributed by atoms with van der Waals surface area (Å²) in [5.41, 5.74) is 0.678. The highest BCUT2D eigenvalue weighted by Crippen LogP contribution is 2.31. The minimum absolute atomic E-state index is 0. The van der Waals surface area contributed by atoms with Gasteiger partial charge in [0.15, 0.2) is 0 Å². The van der Waals surface area contributed by atoms with Crippen molar-refractivity contribution in [1.82, 2.24) is 10.3 Å². The molecular weight excluding hydrogens is 290 g/mol. The number of non-ortho nitro benzene ring substituents is 1. The second-order valence-electron chi connectivity index (χ2n) is 4.12. The van der Waals surface area contributed by atoms with Crippen molar-refractivity contribution in [1.29, 1.82) is 0 Å². The van der Waals surface area contributed by atoms with E-state index >= 15 is 0 Å². The van der Waals surface area contributed by atoms with E-state index in [0.717, 1.165) is 24.2 Å². The smallest absolute Gasteiger partial charge is 0.274 e. The van der Waals surface area contributed by atoms with Gasteiger partial charge in [-0.3, -0.25) is 10.1 Å². The first-order chi connectivity index (χ1) is 8.72. The number of aromatic nitrogens is 1. The molecule has 1 fully saturated rings. The number of thiazole rings is 1. The summed E-state index contributed by atoms with van der Waals surface area (Å²) in [6.07, 6.45) is 1.12. The second kappa shape index (κ2) is 5.68. The van der Waals surface area contributed by atoms with Crippen molar-refractivity contribution in [2.45, 2.75) is 12.5 Å². The zero-order valence-corrected chi connectivity index (χ0v) is 11.5. The van der Waals surface area contributed by atoms with Crippen LogP contribution in [0.15, 0.2) is 18.2 Å². The number of halogens is 1. The summed E-state index contributed by atoms with van der Waals surface area (Å²) >= 11 is 1.42. The number of fused-ring (bicyclic) bond motifs is 1. The fourth-order valence-electron chi connectivity index (χ4n) is 1.93. The highest BCUT2D eigenvalue weighted by molar-refractivity contribution is 7.20. The summed E-state index contributed by atoms with van der Waals surface area (Å²) < 4.78 is 6.64. The van der Waals surface area contributed by atoms with Crippen LogP contribution in [-0.2, 0) is 0 Å². The van der Waals surface area contributed by atoms with E-state index in [9.17, 15) is 10.1 Å². The Hall–Kier alpha value is -1.44. The van der Waals surface area contributed by atoms with Crippen molar-refractivity contribution in [3.8, 4) is 5.19 Å². The summed E-state index contributed by atoms with van der Waals surface area (Å²) in [6.45, 7) is 1.79. The van der Waals surface area contributed by atoms with Crippen molar-refractivity contribution < 1.29 is 9.66 Å². The molecular formula is C11H12ClN3O3S. The van der Waals surface area contributed by atoms with Crippen LogP contribution in [0, 0.1) is 10.1 Å². The number of nitrogens with zero attached hydrogens (tertiary/aromatic N) is 2. The molecule has 1 unspecified atom stereocenters. The zero-order chi connectivity index (χ0) is 12.5. The number of nitrogens with one attached hydrogen (secondary N) is 1. The first-order valence-electron chi connectivity index (χ1n) is 5.65. The molecule has 102 valence electrons. The Kier molecular flexibility index (Phi) is 4.18. The van der Waals surface area contributed by atoms with Crippen LogP contribution < -0.4 is 10.1 Å². The standard InChI is InChI=1S/C11H11N3O3S.ClH/c15-14(16)7-1-2-10-9(5-7)13-11(18-10)17-8-3-4-12-6-8;/h1-2,5,8,12H,3-4,6H2;1H. The van der Waals surface area contributed by atoms with Crippen molar-refractivity contribution in [3.63, 3.8) is 0 Å². The van der Waals surface area contributed by atoms with Crippen LogP contribution >= 0.6 is 23.7 Å². The van der Waals surface area contributed by atoms with Crippen LogP contribution in [0.2, 0.25) is 0 Å². The van der Waals surface area contributed by atoms with Gasteiger partial charge in [-0.2, -0.15) is 0 Å². The molecule has 0 spiro atoms. The molecule has 0 aliphatic carbocycles. The lowest BCUT2D eigenvalue weighted by atomic mass is 10.3. The van der Waals surface area contributed by atoms with E-state index in [0.29, 0.717) is 10.7 Å². The number of nitro benzene ring substituents is 1. The third kappa shape index (κ3) is 2.94. The lowest BCUT2D eigenvalue weighted by molar-refractivity contribution is -0.384. The van der Waals surface area contributed by atoms with E-state index in [4.69, 9.17) is 4.74 Å². The summed E-state index contributed by atoms with van der Waals surface area (Å²) in [5, 5.41) is 14.5. The van der Waals surface area contributed by atoms with E-state index in [1.807, 2.05) is 0 Å². The zero-order valence-electron chi connectivity index (χ0n) is 9.87. The third-order valence-corrected chi connectivity index (χ3v) is 3.77. The molecule has 0 amide bonds. The number of hydrogen-bond donors (Lipinski definition) is 1. The van der Waals surface area contributed by atoms with E-state index in [1.165, 1.54) is 23.5 Å². The van der Waals surface area contributed by atoms with Crippen LogP contribution in [0.4, 0.5) is 5.69 Å². The third-order valence-electron chi connectivity index (χ3n) is 2.84. The highest BCUT2D eigenvalue weighted by atomic mass is 35.5. The minimum Gasteiger partial charge on any atom is -0.465 e. The number of rotatable bonds is 3. The summed E-state index contributed by atoms with van der Waals surface area (Å²) in [6, 6.07) is 4.68. The van der Waals surface area contributed by atoms with Crippen LogP contribution in [-0.4, -0.2) is 29.1 Å². The van der Waals surface area contributed by atoms with Crippen LogP contribution in [0.5, 0.6) is 5.19 Å². The van der Waals surface area contributed by atoms with Crippen molar-refractivity contribution in [2.75, 3.05) is 13.1 Å². The maximum absolute atomic E-state index is 10.7. The maximum atomic E-state index is 10.7. The molecule has 1 aromatic carbocycles. The van der Waals surface area contributed by atoms with Gasteiger partial charge >= 0.3 is 0 Å². The molecule has 6 nitrogen and oxygen atoms in total. The number of benzene rings is 1. The van der Waals surface area contributed by atoms with E-state index < -0.39 is 4.92 Å². The summed E-state index contributed by atoms with van der Waals surface area (Å²) in [5.74, 6) is 0. The Morgan fingerprint density at radius 1 is 1.53 bits per heavy atom. The van der Waals surface area contributed by atoms with Gasteiger partial charge in [-0.1, -0.05) is 11.3 Å². The van der Waals surface area contributed by atoms with Gasteiger partial charge in [0.1, 0.15) is 6.10 Å². The largest absolute Gasteiger partial charge is 0.465 e. The minimum atomic E-state index is -0.416. The lowest BCUT2D eigenvalue weighted by Gasteiger charge is -2.07. The molecule has 2 aromatic rings. The summed E-state index contributed by atoms with van der Waals surface area (Å²) in [4.78, 5) is 14.5. The molecule has 1 saturated heterocycles. The maximum Gasteiger partial charge on any atom is 0.274 e. The Balaban J connectivity index is 0.00000133. The predicted molar refractivity (Wildman–Crippen MR) is 75.4 cm³/mol. The van der Waals surface area contributed by atoms with Gasteiger partial charge in [0.2, 0.25) is 0 Å². The first kappa shape index (κ1) is 14.0. The fourth-order valence-corrected chi connectivity index (χ4v) is 2.79. The second-order valence-corrected chi connectivity index (χ2v) is 5.11. The molecule has 0 saturated carbocycles. The Morgan fingerprint density at radius 3 is 3.05 bits per heavy atom. The average molecular weight is 302 g/mol. The average Bonchev–Trinajstić information content (AvgIpc) is 2.96. The highest BCUT2D eigenvalue weighted by Gasteiger charge is 2.18. The van der Waals surface area contributed by atoms with E-state index in [-0.39, 0.29) is 24.2 Å². The van der Waals surface area contributed by atoms with Crippen LogP contribution in [0.1, 0.15) is 6.42 Å². The molecule has 1 aliphatic heterocycles. The Labute approximate surface area is 119 Å².